The average molecular weight is 346 g/mol. The van der Waals surface area contributed by atoms with E-state index in [1.807, 2.05) is 55.5 Å². The fraction of sp³-hybridized carbons (Fsp3) is 0.263. The predicted octanol–water partition coefficient (Wildman–Crippen LogP) is 3.09. The minimum atomic E-state index is -0.409. The van der Waals surface area contributed by atoms with Crippen molar-refractivity contribution in [3.63, 3.8) is 0 Å². The lowest BCUT2D eigenvalue weighted by Crippen LogP contribution is -2.30. The third-order valence-corrected chi connectivity index (χ3v) is 3.70. The summed E-state index contributed by atoms with van der Waals surface area (Å²) in [5.74, 6) is -0.713. The molecule has 2 aromatic rings. The molecule has 24 heavy (non-hydrogen) atoms. The summed E-state index contributed by atoms with van der Waals surface area (Å²) < 4.78 is 5.00. The van der Waals surface area contributed by atoms with Crippen molar-refractivity contribution in [1.29, 1.82) is 0 Å². The summed E-state index contributed by atoms with van der Waals surface area (Å²) in [6.45, 7) is 2.18. The second-order valence-electron chi connectivity index (χ2n) is 5.55. The quantitative estimate of drug-likeness (QED) is 0.784. The number of carbonyl (C=O) groups excluding carboxylic acids is 2. The van der Waals surface area contributed by atoms with Crippen LogP contribution in [0.3, 0.4) is 0 Å². The van der Waals surface area contributed by atoms with Gasteiger partial charge in [0.25, 0.3) is 5.91 Å². The van der Waals surface area contributed by atoms with Gasteiger partial charge in [-0.2, -0.15) is 0 Å². The van der Waals surface area contributed by atoms with Crippen LogP contribution in [0.5, 0.6) is 0 Å². The van der Waals surface area contributed by atoms with E-state index >= 15 is 0 Å². The van der Waals surface area contributed by atoms with Gasteiger partial charge >= 0.3 is 5.97 Å². The maximum Gasteiger partial charge on any atom is 0.310 e. The first-order chi connectivity index (χ1) is 11.5. The number of benzene rings is 2. The summed E-state index contributed by atoms with van der Waals surface area (Å²) in [6.07, 6.45) is 0.861. The van der Waals surface area contributed by atoms with E-state index in [2.05, 4.69) is 5.32 Å². The molecule has 0 fully saturated rings. The number of hydrogen-bond donors (Lipinski definition) is 1. The maximum absolute atomic E-state index is 11.7. The lowest BCUT2D eigenvalue weighted by molar-refractivity contribution is -0.147. The smallest absolute Gasteiger partial charge is 0.310 e. The predicted molar refractivity (Wildman–Crippen MR) is 94.0 cm³/mol. The zero-order valence-corrected chi connectivity index (χ0v) is 14.3. The molecule has 2 aromatic carbocycles. The molecular weight excluding hydrogens is 326 g/mol. The van der Waals surface area contributed by atoms with Gasteiger partial charge in [-0.15, -0.1) is 0 Å². The van der Waals surface area contributed by atoms with Crippen molar-refractivity contribution in [2.24, 2.45) is 0 Å². The van der Waals surface area contributed by atoms with E-state index in [-0.39, 0.29) is 18.9 Å². The summed E-state index contributed by atoms with van der Waals surface area (Å²) in [5, 5.41) is 3.41. The third kappa shape index (κ3) is 6.42. The molecule has 0 aromatic heterocycles. The van der Waals surface area contributed by atoms with E-state index in [1.54, 1.807) is 0 Å². The summed E-state index contributed by atoms with van der Waals surface area (Å²) >= 11 is 5.82. The first-order valence-electron chi connectivity index (χ1n) is 7.75. The van der Waals surface area contributed by atoms with Gasteiger partial charge in [0.05, 0.1) is 6.42 Å². The lowest BCUT2D eigenvalue weighted by Gasteiger charge is -2.07. The van der Waals surface area contributed by atoms with Gasteiger partial charge in [-0.3, -0.25) is 9.59 Å². The standard InChI is InChI=1S/C19H20ClNO3/c1-14-3-2-4-16(11-14)12-19(23)24-13-18(22)21-10-9-15-5-7-17(20)8-6-15/h2-8,11H,9-10,12-13H2,1H3,(H,21,22). The molecule has 4 nitrogen and oxygen atoms in total. The van der Waals surface area contributed by atoms with Gasteiger partial charge in [-0.1, -0.05) is 53.6 Å². The first kappa shape index (κ1) is 18.0. The normalized spacial score (nSPS) is 10.2. The number of amides is 1. The van der Waals surface area contributed by atoms with Crippen LogP contribution in [0.2, 0.25) is 5.02 Å². The molecule has 0 spiro atoms. The fourth-order valence-corrected chi connectivity index (χ4v) is 2.36. The molecule has 1 N–H and O–H groups in total. The largest absolute Gasteiger partial charge is 0.455 e. The van der Waals surface area contributed by atoms with E-state index in [0.717, 1.165) is 16.7 Å². The van der Waals surface area contributed by atoms with Crippen LogP contribution in [0.1, 0.15) is 16.7 Å². The Morgan fingerprint density at radius 2 is 1.83 bits per heavy atom. The number of esters is 1. The molecule has 0 atom stereocenters. The highest BCUT2D eigenvalue weighted by Crippen LogP contribution is 2.09. The maximum atomic E-state index is 11.7. The van der Waals surface area contributed by atoms with Crippen molar-refractivity contribution in [2.45, 2.75) is 19.8 Å². The van der Waals surface area contributed by atoms with Crippen LogP contribution >= 0.6 is 11.6 Å². The molecule has 0 radical (unpaired) electrons. The Labute approximate surface area is 146 Å². The van der Waals surface area contributed by atoms with Crippen LogP contribution in [0.4, 0.5) is 0 Å². The zero-order chi connectivity index (χ0) is 17.4. The van der Waals surface area contributed by atoms with Crippen molar-refractivity contribution in [3.05, 3.63) is 70.2 Å². The second kappa shape index (κ2) is 9.08. The Morgan fingerprint density at radius 3 is 2.54 bits per heavy atom. The van der Waals surface area contributed by atoms with Gasteiger partial charge in [-0.05, 0) is 36.6 Å². The molecule has 0 heterocycles. The number of nitrogens with one attached hydrogen (secondary N) is 1. The van der Waals surface area contributed by atoms with Gasteiger partial charge < -0.3 is 10.1 Å². The van der Waals surface area contributed by atoms with Crippen molar-refractivity contribution < 1.29 is 14.3 Å². The number of carbonyl (C=O) groups is 2. The molecular formula is C19H20ClNO3. The number of ether oxygens (including phenoxy) is 1. The molecule has 0 bridgehead atoms. The number of aryl methyl sites for hydroxylation is 1. The van der Waals surface area contributed by atoms with Crippen LogP contribution in [-0.4, -0.2) is 25.0 Å². The highest BCUT2D eigenvalue weighted by Gasteiger charge is 2.08. The van der Waals surface area contributed by atoms with Crippen molar-refractivity contribution >= 4 is 23.5 Å². The minimum absolute atomic E-state index is 0.166. The molecule has 0 unspecified atom stereocenters. The van der Waals surface area contributed by atoms with E-state index < -0.39 is 5.97 Å². The van der Waals surface area contributed by atoms with Crippen LogP contribution in [0.15, 0.2) is 48.5 Å². The van der Waals surface area contributed by atoms with E-state index in [1.165, 1.54) is 0 Å². The van der Waals surface area contributed by atoms with Gasteiger partial charge in [0.15, 0.2) is 6.61 Å². The summed E-state index contributed by atoms with van der Waals surface area (Å²) in [6, 6.07) is 15.1. The molecule has 0 aliphatic rings. The average Bonchev–Trinajstić information content (AvgIpc) is 2.55. The highest BCUT2D eigenvalue weighted by atomic mass is 35.5. The van der Waals surface area contributed by atoms with Crippen LogP contribution in [0.25, 0.3) is 0 Å². The van der Waals surface area contributed by atoms with Crippen molar-refractivity contribution in [1.82, 2.24) is 5.32 Å². The summed E-state index contributed by atoms with van der Waals surface area (Å²) in [5.41, 5.74) is 3.04. The molecule has 126 valence electrons. The number of halogens is 1. The number of hydrogen-bond acceptors (Lipinski definition) is 3. The van der Waals surface area contributed by atoms with E-state index in [0.29, 0.717) is 18.0 Å². The fourth-order valence-electron chi connectivity index (χ4n) is 2.23. The molecule has 2 rings (SSSR count). The van der Waals surface area contributed by atoms with Crippen LogP contribution in [-0.2, 0) is 27.2 Å². The van der Waals surface area contributed by atoms with Crippen LogP contribution < -0.4 is 5.32 Å². The Morgan fingerprint density at radius 1 is 1.08 bits per heavy atom. The van der Waals surface area contributed by atoms with E-state index in [9.17, 15) is 9.59 Å². The zero-order valence-electron chi connectivity index (χ0n) is 13.5. The van der Waals surface area contributed by atoms with Crippen molar-refractivity contribution in [3.8, 4) is 0 Å². The minimum Gasteiger partial charge on any atom is -0.455 e. The molecule has 1 amide bonds. The number of rotatable bonds is 7. The SMILES string of the molecule is Cc1cccc(CC(=O)OCC(=O)NCCc2ccc(Cl)cc2)c1. The lowest BCUT2D eigenvalue weighted by atomic mass is 10.1. The Bertz CT molecular complexity index is 698. The molecule has 5 heteroatoms. The van der Waals surface area contributed by atoms with Crippen molar-refractivity contribution in [2.75, 3.05) is 13.2 Å². The molecule has 0 aliphatic heterocycles. The van der Waals surface area contributed by atoms with E-state index in [4.69, 9.17) is 16.3 Å². The van der Waals surface area contributed by atoms with Gasteiger partial charge in [0.1, 0.15) is 0 Å². The summed E-state index contributed by atoms with van der Waals surface area (Å²) in [7, 11) is 0. The molecule has 0 saturated heterocycles. The Balaban J connectivity index is 1.65. The summed E-state index contributed by atoms with van der Waals surface area (Å²) in [4.78, 5) is 23.4. The molecule has 0 saturated carbocycles. The van der Waals surface area contributed by atoms with Gasteiger partial charge in [0.2, 0.25) is 0 Å². The van der Waals surface area contributed by atoms with Gasteiger partial charge in [0, 0.05) is 11.6 Å². The Kier molecular flexibility index (Phi) is 6.82. The third-order valence-electron chi connectivity index (χ3n) is 3.44. The highest BCUT2D eigenvalue weighted by molar-refractivity contribution is 6.30. The Hall–Kier alpha value is -2.33. The van der Waals surface area contributed by atoms with Crippen LogP contribution in [0, 0.1) is 6.92 Å². The van der Waals surface area contributed by atoms with Gasteiger partial charge in [-0.25, -0.2) is 0 Å². The first-order valence-corrected chi connectivity index (χ1v) is 8.13. The topological polar surface area (TPSA) is 55.4 Å². The molecule has 0 aliphatic carbocycles. The second-order valence-corrected chi connectivity index (χ2v) is 5.99. The monoisotopic (exact) mass is 345 g/mol.